The molecule has 1 unspecified atom stereocenters. The molecule has 0 amide bonds. The highest BCUT2D eigenvalue weighted by atomic mass is 32.1. The van der Waals surface area contributed by atoms with E-state index in [0.29, 0.717) is 6.04 Å². The molecule has 0 radical (unpaired) electrons. The summed E-state index contributed by atoms with van der Waals surface area (Å²) in [7, 11) is 0. The highest BCUT2D eigenvalue weighted by Gasteiger charge is 2.02. The number of terminal acetylenes is 1. The van der Waals surface area contributed by atoms with Crippen molar-refractivity contribution in [2.75, 3.05) is 6.54 Å². The van der Waals surface area contributed by atoms with Crippen molar-refractivity contribution in [1.82, 2.24) is 5.32 Å². The van der Waals surface area contributed by atoms with Crippen LogP contribution in [0.3, 0.4) is 0 Å². The molecule has 0 aliphatic heterocycles. The van der Waals surface area contributed by atoms with Crippen molar-refractivity contribution in [2.45, 2.75) is 19.4 Å². The molecule has 1 aromatic heterocycles. The molecule has 1 N–H and O–H groups in total. The fourth-order valence-corrected chi connectivity index (χ4v) is 1.75. The van der Waals surface area contributed by atoms with E-state index in [-0.39, 0.29) is 0 Å². The summed E-state index contributed by atoms with van der Waals surface area (Å²) in [6.45, 7) is 3.05. The van der Waals surface area contributed by atoms with E-state index in [1.807, 2.05) is 0 Å². The van der Waals surface area contributed by atoms with Crippen LogP contribution in [0.2, 0.25) is 0 Å². The highest BCUT2D eigenvalue weighted by Crippen LogP contribution is 2.14. The number of thiophene rings is 1. The SMILES string of the molecule is C#CCCNC(C)c1ccsc1. The van der Waals surface area contributed by atoms with Crippen LogP contribution < -0.4 is 5.32 Å². The van der Waals surface area contributed by atoms with E-state index in [0.717, 1.165) is 13.0 Å². The van der Waals surface area contributed by atoms with Gasteiger partial charge in [0, 0.05) is 19.0 Å². The Morgan fingerprint density at radius 2 is 2.58 bits per heavy atom. The van der Waals surface area contributed by atoms with E-state index in [9.17, 15) is 0 Å². The maximum Gasteiger partial charge on any atom is 0.0300 e. The lowest BCUT2D eigenvalue weighted by atomic mass is 10.2. The summed E-state index contributed by atoms with van der Waals surface area (Å²) in [6, 6.07) is 2.56. The van der Waals surface area contributed by atoms with Gasteiger partial charge in [0.15, 0.2) is 0 Å². The van der Waals surface area contributed by atoms with Crippen molar-refractivity contribution in [1.29, 1.82) is 0 Å². The van der Waals surface area contributed by atoms with Crippen LogP contribution in [-0.2, 0) is 0 Å². The van der Waals surface area contributed by atoms with Crippen LogP contribution in [0.15, 0.2) is 16.8 Å². The summed E-state index contributed by atoms with van der Waals surface area (Å²) in [5, 5.41) is 7.60. The van der Waals surface area contributed by atoms with Crippen molar-refractivity contribution >= 4 is 11.3 Å². The van der Waals surface area contributed by atoms with E-state index in [4.69, 9.17) is 6.42 Å². The van der Waals surface area contributed by atoms with E-state index >= 15 is 0 Å². The zero-order valence-electron chi connectivity index (χ0n) is 7.21. The summed E-state index contributed by atoms with van der Waals surface area (Å²) in [5.41, 5.74) is 1.34. The first-order chi connectivity index (χ1) is 5.84. The zero-order chi connectivity index (χ0) is 8.81. The molecule has 0 fully saturated rings. The van der Waals surface area contributed by atoms with Gasteiger partial charge in [0.25, 0.3) is 0 Å². The molecule has 1 aromatic rings. The maximum absolute atomic E-state index is 5.15. The Balaban J connectivity index is 2.30. The van der Waals surface area contributed by atoms with Crippen molar-refractivity contribution in [3.05, 3.63) is 22.4 Å². The fourth-order valence-electron chi connectivity index (χ4n) is 1.00. The molecule has 0 bridgehead atoms. The highest BCUT2D eigenvalue weighted by molar-refractivity contribution is 7.07. The second kappa shape index (κ2) is 4.97. The minimum absolute atomic E-state index is 0.421. The van der Waals surface area contributed by atoms with Crippen molar-refractivity contribution in [2.24, 2.45) is 0 Å². The number of rotatable bonds is 4. The number of hydrogen-bond acceptors (Lipinski definition) is 2. The molecule has 0 spiro atoms. The molecule has 0 aromatic carbocycles. The van der Waals surface area contributed by atoms with Crippen LogP contribution in [0.1, 0.15) is 24.9 Å². The molecule has 64 valence electrons. The van der Waals surface area contributed by atoms with Gasteiger partial charge in [0.05, 0.1) is 0 Å². The van der Waals surface area contributed by atoms with Gasteiger partial charge in [-0.25, -0.2) is 0 Å². The van der Waals surface area contributed by atoms with E-state index in [1.54, 1.807) is 11.3 Å². The molecule has 0 aliphatic carbocycles. The molecule has 2 heteroatoms. The molecule has 1 heterocycles. The first-order valence-corrected chi connectivity index (χ1v) is 4.98. The Hall–Kier alpha value is -0.780. The van der Waals surface area contributed by atoms with E-state index < -0.39 is 0 Å². The van der Waals surface area contributed by atoms with Gasteiger partial charge in [-0.1, -0.05) is 0 Å². The summed E-state index contributed by atoms with van der Waals surface area (Å²) < 4.78 is 0. The minimum atomic E-state index is 0.421. The maximum atomic E-state index is 5.15. The Morgan fingerprint density at radius 1 is 1.75 bits per heavy atom. The number of nitrogens with one attached hydrogen (secondary N) is 1. The van der Waals surface area contributed by atoms with Gasteiger partial charge in [0.1, 0.15) is 0 Å². The third-order valence-electron chi connectivity index (χ3n) is 1.76. The van der Waals surface area contributed by atoms with Crippen molar-refractivity contribution in [3.8, 4) is 12.3 Å². The second-order valence-corrected chi connectivity index (χ2v) is 3.47. The van der Waals surface area contributed by atoms with Gasteiger partial charge < -0.3 is 5.32 Å². The summed E-state index contributed by atoms with van der Waals surface area (Å²) in [5.74, 6) is 2.61. The predicted molar refractivity (Wildman–Crippen MR) is 54.2 cm³/mol. The van der Waals surface area contributed by atoms with Crippen molar-refractivity contribution in [3.63, 3.8) is 0 Å². The van der Waals surface area contributed by atoms with Crippen molar-refractivity contribution < 1.29 is 0 Å². The molecule has 12 heavy (non-hydrogen) atoms. The Kier molecular flexibility index (Phi) is 3.86. The Bertz CT molecular complexity index is 245. The molecular formula is C10H13NS. The normalized spacial score (nSPS) is 12.3. The Labute approximate surface area is 77.8 Å². The van der Waals surface area contributed by atoms with Crippen LogP contribution in [0, 0.1) is 12.3 Å². The molecule has 0 saturated heterocycles. The molecule has 0 aliphatic rings. The molecule has 1 nitrogen and oxygen atoms in total. The Morgan fingerprint density at radius 3 is 3.17 bits per heavy atom. The first-order valence-electron chi connectivity index (χ1n) is 4.03. The second-order valence-electron chi connectivity index (χ2n) is 2.69. The van der Waals surface area contributed by atoms with E-state index in [2.05, 4.69) is 35.0 Å². The summed E-state index contributed by atoms with van der Waals surface area (Å²) in [6.07, 6.45) is 5.95. The third-order valence-corrected chi connectivity index (χ3v) is 2.46. The van der Waals surface area contributed by atoms with Gasteiger partial charge in [-0.2, -0.15) is 11.3 Å². The molecule has 0 saturated carbocycles. The standard InChI is InChI=1S/C10H13NS/c1-3-4-6-11-9(2)10-5-7-12-8-10/h1,5,7-9,11H,4,6H2,2H3. The third kappa shape index (κ3) is 2.69. The van der Waals surface area contributed by atoms with Gasteiger partial charge in [-0.3, -0.25) is 0 Å². The van der Waals surface area contributed by atoms with Gasteiger partial charge in [-0.05, 0) is 29.3 Å². The topological polar surface area (TPSA) is 12.0 Å². The summed E-state index contributed by atoms with van der Waals surface area (Å²) >= 11 is 1.73. The zero-order valence-corrected chi connectivity index (χ0v) is 8.03. The largest absolute Gasteiger partial charge is 0.309 e. The minimum Gasteiger partial charge on any atom is -0.309 e. The lowest BCUT2D eigenvalue weighted by molar-refractivity contribution is 0.586. The summed E-state index contributed by atoms with van der Waals surface area (Å²) in [4.78, 5) is 0. The van der Waals surface area contributed by atoms with Crippen LogP contribution >= 0.6 is 11.3 Å². The van der Waals surface area contributed by atoms with Gasteiger partial charge in [-0.15, -0.1) is 12.3 Å². The monoisotopic (exact) mass is 179 g/mol. The first kappa shape index (κ1) is 9.31. The average molecular weight is 179 g/mol. The predicted octanol–water partition coefficient (Wildman–Crippen LogP) is 2.42. The number of hydrogen-bond donors (Lipinski definition) is 1. The smallest absolute Gasteiger partial charge is 0.0300 e. The van der Waals surface area contributed by atoms with Crippen LogP contribution in [-0.4, -0.2) is 6.54 Å². The van der Waals surface area contributed by atoms with Crippen LogP contribution in [0.4, 0.5) is 0 Å². The molecule has 1 atom stereocenters. The van der Waals surface area contributed by atoms with E-state index in [1.165, 1.54) is 5.56 Å². The quantitative estimate of drug-likeness (QED) is 0.553. The lowest BCUT2D eigenvalue weighted by Crippen LogP contribution is -2.18. The lowest BCUT2D eigenvalue weighted by Gasteiger charge is -2.10. The average Bonchev–Trinajstić information content (AvgIpc) is 2.56. The van der Waals surface area contributed by atoms with Gasteiger partial charge >= 0.3 is 0 Å². The van der Waals surface area contributed by atoms with Crippen LogP contribution in [0.5, 0.6) is 0 Å². The molecular weight excluding hydrogens is 166 g/mol. The fraction of sp³-hybridized carbons (Fsp3) is 0.400. The van der Waals surface area contributed by atoms with Gasteiger partial charge in [0.2, 0.25) is 0 Å². The molecule has 1 rings (SSSR count). The van der Waals surface area contributed by atoms with Crippen LogP contribution in [0.25, 0.3) is 0 Å².